The van der Waals surface area contributed by atoms with E-state index in [0.717, 1.165) is 10.9 Å². The van der Waals surface area contributed by atoms with Gasteiger partial charge in [-0.25, -0.2) is 4.79 Å². The predicted octanol–water partition coefficient (Wildman–Crippen LogP) is 1.44. The van der Waals surface area contributed by atoms with Crippen LogP contribution in [0.1, 0.15) is 10.4 Å². The maximum absolute atomic E-state index is 10.6. The Morgan fingerprint density at radius 2 is 1.83 bits per heavy atom. The molecule has 0 amide bonds. The normalized spacial score (nSPS) is 10.6. The van der Waals surface area contributed by atoms with Crippen molar-refractivity contribution in [1.29, 1.82) is 0 Å². The van der Waals surface area contributed by atoms with Gasteiger partial charge in [-0.05, 0) is 12.1 Å². The quantitative estimate of drug-likeness (QED) is 0.759. The van der Waals surface area contributed by atoms with Crippen LogP contribution in [0, 0.1) is 0 Å². The number of carbonyl (C=O) groups is 1. The third-order valence-electron chi connectivity index (χ3n) is 1.84. The summed E-state index contributed by atoms with van der Waals surface area (Å²) in [6, 6.07) is 9.03. The van der Waals surface area contributed by atoms with Gasteiger partial charge in [0.15, 0.2) is 0 Å². The molecule has 96 valence electrons. The summed E-state index contributed by atoms with van der Waals surface area (Å²) in [6.45, 7) is 0. The van der Waals surface area contributed by atoms with Crippen LogP contribution in [0.4, 0.5) is 0 Å². The van der Waals surface area contributed by atoms with Crippen molar-refractivity contribution in [3.8, 4) is 0 Å². The molecule has 0 aliphatic rings. The fraction of sp³-hybridized carbons (Fsp3) is 0.0909. The summed E-state index contributed by atoms with van der Waals surface area (Å²) in [6.07, 6.45) is 2.08. The predicted molar refractivity (Wildman–Crippen MR) is 66.2 cm³/mol. The Morgan fingerprint density at radius 1 is 1.28 bits per heavy atom. The number of hydrogen-bond donors (Lipinski definition) is 2. The van der Waals surface area contributed by atoms with E-state index in [1.165, 1.54) is 6.20 Å². The average Bonchev–Trinajstić information content (AvgIpc) is 2.26. The van der Waals surface area contributed by atoms with E-state index in [1.54, 1.807) is 6.07 Å². The number of pyridine rings is 1. The molecule has 2 aromatic rings. The zero-order valence-electron chi connectivity index (χ0n) is 9.44. The minimum atomic E-state index is -3.67. The third kappa shape index (κ3) is 4.89. The van der Waals surface area contributed by atoms with Crippen molar-refractivity contribution < 1.29 is 22.9 Å². The van der Waals surface area contributed by atoms with E-state index in [9.17, 15) is 13.2 Å². The smallest absolute Gasteiger partial charge is 0.337 e. The van der Waals surface area contributed by atoms with Crippen molar-refractivity contribution in [3.05, 3.63) is 42.1 Å². The number of rotatable bonds is 1. The van der Waals surface area contributed by atoms with Crippen LogP contribution in [0.5, 0.6) is 0 Å². The number of carboxylic acid groups (broad SMARTS) is 1. The first kappa shape index (κ1) is 14.1. The van der Waals surface area contributed by atoms with Crippen molar-refractivity contribution in [3.63, 3.8) is 0 Å². The summed E-state index contributed by atoms with van der Waals surface area (Å²) in [5.74, 6) is -0.946. The Kier molecular flexibility index (Phi) is 4.35. The van der Waals surface area contributed by atoms with Crippen LogP contribution < -0.4 is 0 Å². The molecule has 2 rings (SSSR count). The van der Waals surface area contributed by atoms with Crippen molar-refractivity contribution >= 4 is 27.0 Å². The number of hydrogen-bond acceptors (Lipinski definition) is 4. The zero-order chi connectivity index (χ0) is 13.8. The molecule has 1 aromatic heterocycles. The van der Waals surface area contributed by atoms with Crippen molar-refractivity contribution in [2.45, 2.75) is 0 Å². The van der Waals surface area contributed by atoms with Gasteiger partial charge in [-0.2, -0.15) is 8.42 Å². The van der Waals surface area contributed by atoms with Crippen molar-refractivity contribution in [2.24, 2.45) is 0 Å². The SMILES string of the molecule is CS(=O)(=O)O.O=C(O)c1cnc2ccccc2c1. The monoisotopic (exact) mass is 269 g/mol. The van der Waals surface area contributed by atoms with Crippen molar-refractivity contribution in [2.75, 3.05) is 6.26 Å². The molecule has 7 heteroatoms. The van der Waals surface area contributed by atoms with Crippen LogP contribution in [0.25, 0.3) is 10.9 Å². The molecule has 0 atom stereocenters. The van der Waals surface area contributed by atoms with Gasteiger partial charge >= 0.3 is 5.97 Å². The molecule has 1 aromatic carbocycles. The van der Waals surface area contributed by atoms with Gasteiger partial charge in [0.05, 0.1) is 17.3 Å². The second-order valence-corrected chi connectivity index (χ2v) is 4.92. The van der Waals surface area contributed by atoms with Gasteiger partial charge in [0, 0.05) is 11.6 Å². The maximum Gasteiger partial charge on any atom is 0.337 e. The molecular formula is C11H11NO5S. The van der Waals surface area contributed by atoms with E-state index >= 15 is 0 Å². The summed E-state index contributed by atoms with van der Waals surface area (Å²) >= 11 is 0. The number of aromatic nitrogens is 1. The van der Waals surface area contributed by atoms with Gasteiger partial charge in [-0.1, -0.05) is 18.2 Å². The molecular weight excluding hydrogens is 258 g/mol. The second kappa shape index (κ2) is 5.56. The lowest BCUT2D eigenvalue weighted by Gasteiger charge is -1.97. The van der Waals surface area contributed by atoms with Gasteiger partial charge in [0.1, 0.15) is 0 Å². The van der Waals surface area contributed by atoms with Gasteiger partial charge in [0.25, 0.3) is 10.1 Å². The lowest BCUT2D eigenvalue weighted by molar-refractivity contribution is 0.0696. The van der Waals surface area contributed by atoms with E-state index in [-0.39, 0.29) is 5.56 Å². The Balaban J connectivity index is 0.000000280. The molecule has 0 radical (unpaired) electrons. The zero-order valence-corrected chi connectivity index (χ0v) is 10.3. The first-order valence-electron chi connectivity index (χ1n) is 4.78. The van der Waals surface area contributed by atoms with Crippen LogP contribution in [-0.4, -0.2) is 35.3 Å². The highest BCUT2D eigenvalue weighted by Crippen LogP contribution is 2.12. The molecule has 0 aliphatic heterocycles. The van der Waals surface area contributed by atoms with Gasteiger partial charge < -0.3 is 5.11 Å². The second-order valence-electron chi connectivity index (χ2n) is 3.45. The molecule has 6 nitrogen and oxygen atoms in total. The largest absolute Gasteiger partial charge is 0.478 e. The summed E-state index contributed by atoms with van der Waals surface area (Å²) in [7, 11) is -3.67. The Labute approximate surface area is 104 Å². The molecule has 18 heavy (non-hydrogen) atoms. The van der Waals surface area contributed by atoms with Gasteiger partial charge in [-0.3, -0.25) is 9.54 Å². The molecule has 0 aliphatic carbocycles. The third-order valence-corrected chi connectivity index (χ3v) is 1.84. The fourth-order valence-electron chi connectivity index (χ4n) is 1.19. The van der Waals surface area contributed by atoms with Crippen LogP contribution >= 0.6 is 0 Å². The van der Waals surface area contributed by atoms with Crippen LogP contribution in [0.3, 0.4) is 0 Å². The molecule has 0 bridgehead atoms. The van der Waals surface area contributed by atoms with Gasteiger partial charge in [0.2, 0.25) is 0 Å². The highest BCUT2D eigenvalue weighted by atomic mass is 32.2. The van der Waals surface area contributed by atoms with Crippen LogP contribution in [0.15, 0.2) is 36.5 Å². The van der Waals surface area contributed by atoms with E-state index in [0.29, 0.717) is 6.26 Å². The van der Waals surface area contributed by atoms with E-state index in [4.69, 9.17) is 9.66 Å². The Hall–Kier alpha value is -1.99. The number of aromatic carboxylic acids is 1. The Morgan fingerprint density at radius 3 is 2.39 bits per heavy atom. The first-order valence-corrected chi connectivity index (χ1v) is 6.63. The summed E-state index contributed by atoms with van der Waals surface area (Å²) < 4.78 is 25.9. The fourth-order valence-corrected chi connectivity index (χ4v) is 1.19. The minimum Gasteiger partial charge on any atom is -0.478 e. The summed E-state index contributed by atoms with van der Waals surface area (Å²) in [5.41, 5.74) is 1.03. The number of carboxylic acids is 1. The van der Waals surface area contributed by atoms with Crippen LogP contribution in [0.2, 0.25) is 0 Å². The highest BCUT2D eigenvalue weighted by molar-refractivity contribution is 7.85. The van der Waals surface area contributed by atoms with E-state index in [1.807, 2.05) is 24.3 Å². The summed E-state index contributed by atoms with van der Waals surface area (Å²) in [5, 5.41) is 9.55. The molecule has 0 fully saturated rings. The maximum atomic E-state index is 10.6. The average molecular weight is 269 g/mol. The van der Waals surface area contributed by atoms with Crippen LogP contribution in [-0.2, 0) is 10.1 Å². The Bertz CT molecular complexity index is 658. The first-order chi connectivity index (χ1) is 8.27. The number of para-hydroxylation sites is 1. The molecule has 0 saturated carbocycles. The number of fused-ring (bicyclic) bond motifs is 1. The molecule has 0 spiro atoms. The molecule has 0 unspecified atom stereocenters. The molecule has 2 N–H and O–H groups in total. The molecule has 1 heterocycles. The number of benzene rings is 1. The topological polar surface area (TPSA) is 105 Å². The van der Waals surface area contributed by atoms with E-state index < -0.39 is 16.1 Å². The minimum absolute atomic E-state index is 0.221. The number of nitrogens with zero attached hydrogens (tertiary/aromatic N) is 1. The molecule has 0 saturated heterocycles. The lowest BCUT2D eigenvalue weighted by Crippen LogP contribution is -1.96. The summed E-state index contributed by atoms with van der Waals surface area (Å²) in [4.78, 5) is 14.6. The standard InChI is InChI=1S/C10H7NO2.CH4O3S/c12-10(13)8-5-7-3-1-2-4-9(7)11-6-8;1-5(2,3)4/h1-6H,(H,12,13);1H3,(H,2,3,4). The van der Waals surface area contributed by atoms with Crippen molar-refractivity contribution in [1.82, 2.24) is 4.98 Å². The lowest BCUT2D eigenvalue weighted by atomic mass is 10.2. The highest BCUT2D eigenvalue weighted by Gasteiger charge is 2.03. The van der Waals surface area contributed by atoms with Gasteiger partial charge in [-0.15, -0.1) is 0 Å². The van der Waals surface area contributed by atoms with E-state index in [2.05, 4.69) is 4.98 Å².